The van der Waals surface area contributed by atoms with Crippen molar-refractivity contribution >= 4 is 6.08 Å². The van der Waals surface area contributed by atoms with Gasteiger partial charge in [0, 0.05) is 6.04 Å². The van der Waals surface area contributed by atoms with Gasteiger partial charge in [0.1, 0.15) is 0 Å². The van der Waals surface area contributed by atoms with Crippen molar-refractivity contribution in [1.82, 2.24) is 0 Å². The first-order valence-electron chi connectivity index (χ1n) is 4.60. The topological polar surface area (TPSA) is 26.0 Å². The van der Waals surface area contributed by atoms with Crippen LogP contribution in [0.15, 0.2) is 29.8 Å². The molecule has 1 rings (SSSR count). The van der Waals surface area contributed by atoms with E-state index in [9.17, 15) is 0 Å². The Morgan fingerprint density at radius 2 is 2.15 bits per heavy atom. The molecular formula is C12H17N. The third-order valence-corrected chi connectivity index (χ3v) is 2.15. The van der Waals surface area contributed by atoms with Crippen molar-refractivity contribution in [3.63, 3.8) is 0 Å². The predicted octanol–water partition coefficient (Wildman–Crippen LogP) is 2.75. The fraction of sp³-hybridized carbons (Fsp3) is 0.333. The van der Waals surface area contributed by atoms with Crippen molar-refractivity contribution in [2.45, 2.75) is 26.8 Å². The van der Waals surface area contributed by atoms with E-state index in [2.05, 4.69) is 44.2 Å². The first-order valence-corrected chi connectivity index (χ1v) is 4.60. The number of nitrogens with two attached hydrogens (primary N) is 1. The highest BCUT2D eigenvalue weighted by atomic mass is 14.6. The van der Waals surface area contributed by atoms with Gasteiger partial charge in [-0.15, -0.1) is 0 Å². The largest absolute Gasteiger partial charge is 0.324 e. The molecule has 1 aromatic rings. The van der Waals surface area contributed by atoms with Gasteiger partial charge in [-0.3, -0.25) is 0 Å². The average Bonchev–Trinajstić information content (AvgIpc) is 2.04. The van der Waals surface area contributed by atoms with Crippen LogP contribution >= 0.6 is 0 Å². The molecule has 0 radical (unpaired) electrons. The number of aryl methyl sites for hydroxylation is 1. The number of benzene rings is 1. The Balaban J connectivity index is 2.91. The molecule has 0 amide bonds. The van der Waals surface area contributed by atoms with E-state index in [0.717, 1.165) is 0 Å². The molecule has 2 N–H and O–H groups in total. The van der Waals surface area contributed by atoms with Gasteiger partial charge in [0.15, 0.2) is 0 Å². The number of rotatable bonds is 2. The minimum absolute atomic E-state index is 0.139. The fourth-order valence-corrected chi connectivity index (χ4v) is 1.15. The summed E-state index contributed by atoms with van der Waals surface area (Å²) in [5, 5.41) is 0. The van der Waals surface area contributed by atoms with Gasteiger partial charge in [0.2, 0.25) is 0 Å². The lowest BCUT2D eigenvalue weighted by atomic mass is 10.1. The van der Waals surface area contributed by atoms with Crippen molar-refractivity contribution in [2.75, 3.05) is 0 Å². The standard InChI is InChI=1S/C12H17N/c1-9-5-4-6-12(7-9)8-10(2)11(3)13/h4-8,11H,13H2,1-3H3/b10-8+. The molecule has 1 heteroatoms. The van der Waals surface area contributed by atoms with E-state index >= 15 is 0 Å². The summed E-state index contributed by atoms with van der Waals surface area (Å²) in [5.41, 5.74) is 9.48. The van der Waals surface area contributed by atoms with Crippen LogP contribution in [0.2, 0.25) is 0 Å². The minimum atomic E-state index is 0.139. The zero-order valence-corrected chi connectivity index (χ0v) is 8.54. The maximum Gasteiger partial charge on any atom is 0.0225 e. The molecule has 0 spiro atoms. The van der Waals surface area contributed by atoms with Crippen molar-refractivity contribution in [3.8, 4) is 0 Å². The van der Waals surface area contributed by atoms with Crippen molar-refractivity contribution in [2.24, 2.45) is 5.73 Å². The van der Waals surface area contributed by atoms with Crippen molar-refractivity contribution in [3.05, 3.63) is 41.0 Å². The molecule has 0 aromatic heterocycles. The average molecular weight is 175 g/mol. The molecule has 0 aliphatic rings. The lowest BCUT2D eigenvalue weighted by molar-refractivity contribution is 0.868. The van der Waals surface area contributed by atoms with Crippen LogP contribution in [0.5, 0.6) is 0 Å². The second kappa shape index (κ2) is 4.24. The summed E-state index contributed by atoms with van der Waals surface area (Å²) in [5.74, 6) is 0. The molecule has 13 heavy (non-hydrogen) atoms. The van der Waals surface area contributed by atoms with Crippen LogP contribution in [-0.4, -0.2) is 6.04 Å². The molecule has 1 nitrogen and oxygen atoms in total. The second-order valence-electron chi connectivity index (χ2n) is 3.59. The van der Waals surface area contributed by atoms with Crippen LogP contribution in [0.3, 0.4) is 0 Å². The zero-order chi connectivity index (χ0) is 9.84. The molecule has 1 atom stereocenters. The van der Waals surface area contributed by atoms with Gasteiger partial charge in [-0.1, -0.05) is 41.5 Å². The summed E-state index contributed by atoms with van der Waals surface area (Å²) in [7, 11) is 0. The Morgan fingerprint density at radius 3 is 2.69 bits per heavy atom. The van der Waals surface area contributed by atoms with E-state index < -0.39 is 0 Å². The Hall–Kier alpha value is -1.08. The van der Waals surface area contributed by atoms with Crippen LogP contribution in [0, 0.1) is 6.92 Å². The van der Waals surface area contributed by atoms with Gasteiger partial charge in [-0.05, 0) is 26.3 Å². The molecule has 0 aliphatic carbocycles. The van der Waals surface area contributed by atoms with Gasteiger partial charge in [0.25, 0.3) is 0 Å². The molecule has 0 saturated carbocycles. The SMILES string of the molecule is C/C(=C\c1cccc(C)c1)C(C)N. The van der Waals surface area contributed by atoms with Gasteiger partial charge in [-0.2, -0.15) is 0 Å². The third-order valence-electron chi connectivity index (χ3n) is 2.15. The van der Waals surface area contributed by atoms with E-state index in [1.54, 1.807) is 0 Å². The van der Waals surface area contributed by atoms with Gasteiger partial charge >= 0.3 is 0 Å². The number of hydrogen-bond donors (Lipinski definition) is 1. The maximum atomic E-state index is 5.75. The normalized spacial score (nSPS) is 14.3. The van der Waals surface area contributed by atoms with E-state index in [4.69, 9.17) is 5.73 Å². The fourth-order valence-electron chi connectivity index (χ4n) is 1.15. The third kappa shape index (κ3) is 3.03. The zero-order valence-electron chi connectivity index (χ0n) is 8.54. The Labute approximate surface area is 80.3 Å². The first-order chi connectivity index (χ1) is 6.09. The van der Waals surface area contributed by atoms with Crippen LogP contribution in [0.25, 0.3) is 6.08 Å². The summed E-state index contributed by atoms with van der Waals surface area (Å²) in [6.45, 7) is 6.16. The molecule has 70 valence electrons. The molecular weight excluding hydrogens is 158 g/mol. The van der Waals surface area contributed by atoms with E-state index in [-0.39, 0.29) is 6.04 Å². The van der Waals surface area contributed by atoms with Crippen molar-refractivity contribution in [1.29, 1.82) is 0 Å². The molecule has 0 fully saturated rings. The Kier molecular flexibility index (Phi) is 3.26. The molecule has 0 aliphatic heterocycles. The second-order valence-corrected chi connectivity index (χ2v) is 3.59. The first kappa shape index (κ1) is 10.0. The van der Waals surface area contributed by atoms with E-state index in [1.165, 1.54) is 16.7 Å². The highest BCUT2D eigenvalue weighted by Gasteiger charge is 1.96. The molecule has 0 heterocycles. The summed E-state index contributed by atoms with van der Waals surface area (Å²) >= 11 is 0. The Morgan fingerprint density at radius 1 is 1.46 bits per heavy atom. The minimum Gasteiger partial charge on any atom is -0.324 e. The lowest BCUT2D eigenvalue weighted by Crippen LogP contribution is -2.15. The van der Waals surface area contributed by atoms with Crippen molar-refractivity contribution < 1.29 is 0 Å². The van der Waals surface area contributed by atoms with Gasteiger partial charge in [0.05, 0.1) is 0 Å². The smallest absolute Gasteiger partial charge is 0.0225 e. The maximum absolute atomic E-state index is 5.75. The predicted molar refractivity (Wildman–Crippen MR) is 58.5 cm³/mol. The van der Waals surface area contributed by atoms with Crippen LogP contribution < -0.4 is 5.73 Å². The van der Waals surface area contributed by atoms with E-state index in [1.807, 2.05) is 6.92 Å². The van der Waals surface area contributed by atoms with Crippen LogP contribution in [-0.2, 0) is 0 Å². The summed E-state index contributed by atoms with van der Waals surface area (Å²) in [6.07, 6.45) is 2.14. The molecule has 1 unspecified atom stereocenters. The lowest BCUT2D eigenvalue weighted by Gasteiger charge is -2.05. The highest BCUT2D eigenvalue weighted by Crippen LogP contribution is 2.10. The highest BCUT2D eigenvalue weighted by molar-refractivity contribution is 5.54. The summed E-state index contributed by atoms with van der Waals surface area (Å²) in [4.78, 5) is 0. The number of hydrogen-bond acceptors (Lipinski definition) is 1. The quantitative estimate of drug-likeness (QED) is 0.735. The monoisotopic (exact) mass is 175 g/mol. The van der Waals surface area contributed by atoms with Gasteiger partial charge in [-0.25, -0.2) is 0 Å². The van der Waals surface area contributed by atoms with Crippen LogP contribution in [0.1, 0.15) is 25.0 Å². The summed E-state index contributed by atoms with van der Waals surface area (Å²) in [6, 6.07) is 8.55. The van der Waals surface area contributed by atoms with Gasteiger partial charge < -0.3 is 5.73 Å². The molecule has 0 saturated heterocycles. The van der Waals surface area contributed by atoms with E-state index in [0.29, 0.717) is 0 Å². The Bertz CT molecular complexity index is 311. The molecule has 1 aromatic carbocycles. The van der Waals surface area contributed by atoms with Crippen LogP contribution in [0.4, 0.5) is 0 Å². The summed E-state index contributed by atoms with van der Waals surface area (Å²) < 4.78 is 0. The molecule has 0 bridgehead atoms.